The van der Waals surface area contributed by atoms with Gasteiger partial charge >= 0.3 is 5.97 Å². The summed E-state index contributed by atoms with van der Waals surface area (Å²) in [5.74, 6) is -2.93. The minimum Gasteiger partial charge on any atom is -0.486 e. The lowest BCUT2D eigenvalue weighted by Crippen LogP contribution is -2.54. The molecule has 1 N–H and O–H groups in total. The molecule has 2 fully saturated rings. The third-order valence-corrected chi connectivity index (χ3v) is 6.41. The predicted molar refractivity (Wildman–Crippen MR) is 110 cm³/mol. The molecule has 0 saturated carbocycles. The Labute approximate surface area is 183 Å². The number of hydrogen-bond donors (Lipinski definition) is 1. The highest BCUT2D eigenvalue weighted by Crippen LogP contribution is 2.50. The van der Waals surface area contributed by atoms with Crippen molar-refractivity contribution in [2.75, 3.05) is 25.2 Å². The van der Waals surface area contributed by atoms with Gasteiger partial charge in [-0.05, 0) is 36.8 Å². The van der Waals surface area contributed by atoms with Crippen molar-refractivity contribution in [3.8, 4) is 11.5 Å². The van der Waals surface area contributed by atoms with Gasteiger partial charge in [0.05, 0.1) is 24.6 Å². The molecule has 2 aromatic carbocycles. The lowest BCUT2D eigenvalue weighted by Gasteiger charge is -2.29. The Balaban J connectivity index is 1.58. The van der Waals surface area contributed by atoms with Crippen molar-refractivity contribution in [2.24, 2.45) is 11.8 Å². The van der Waals surface area contributed by atoms with Crippen molar-refractivity contribution in [3.05, 3.63) is 53.8 Å². The summed E-state index contributed by atoms with van der Waals surface area (Å²) in [6.45, 7) is 2.33. The van der Waals surface area contributed by atoms with Gasteiger partial charge in [-0.25, -0.2) is 9.29 Å². The number of hydrogen-bond acceptors (Lipinski definition) is 7. The normalized spacial score (nSPS) is 28.6. The standard InChI is InChI=1S/C23H21FN2O6/c1-23(22(29)30-2)18-17(19(25-23)12-3-5-13(24)6-4-12)20(27)26(21(18)28)14-7-8-15-16(11-14)32-10-9-31-15/h3-8,11,17-19,25H,9-10H2,1-2H3/t17-,18-,19-,23-/m1/s1. The summed E-state index contributed by atoms with van der Waals surface area (Å²) < 4.78 is 29.6. The van der Waals surface area contributed by atoms with Crippen LogP contribution in [0.25, 0.3) is 0 Å². The van der Waals surface area contributed by atoms with Gasteiger partial charge in [0.15, 0.2) is 11.5 Å². The van der Waals surface area contributed by atoms with Crippen LogP contribution in [0.4, 0.5) is 10.1 Å². The van der Waals surface area contributed by atoms with E-state index in [1.165, 1.54) is 31.4 Å². The summed E-state index contributed by atoms with van der Waals surface area (Å²) in [6.07, 6.45) is 0. The Kier molecular flexibility index (Phi) is 4.67. The molecular formula is C23H21FN2O6. The molecule has 2 amide bonds. The summed E-state index contributed by atoms with van der Waals surface area (Å²) in [5, 5.41) is 3.13. The molecule has 0 spiro atoms. The van der Waals surface area contributed by atoms with Gasteiger partial charge in [-0.15, -0.1) is 0 Å². The number of imide groups is 1. The van der Waals surface area contributed by atoms with Gasteiger partial charge in [0.2, 0.25) is 11.8 Å². The molecule has 5 rings (SSSR count). The van der Waals surface area contributed by atoms with E-state index in [1.807, 2.05) is 0 Å². The number of ether oxygens (including phenoxy) is 3. The van der Waals surface area contributed by atoms with E-state index >= 15 is 0 Å². The Bertz CT molecular complexity index is 1120. The Morgan fingerprint density at radius 1 is 1.09 bits per heavy atom. The van der Waals surface area contributed by atoms with Crippen LogP contribution in [0.1, 0.15) is 18.5 Å². The zero-order valence-electron chi connectivity index (χ0n) is 17.5. The highest BCUT2D eigenvalue weighted by atomic mass is 19.1. The number of methoxy groups -OCH3 is 1. The number of nitrogens with zero attached hydrogens (tertiary/aromatic N) is 1. The van der Waals surface area contributed by atoms with E-state index in [0.29, 0.717) is 36.0 Å². The van der Waals surface area contributed by atoms with E-state index in [-0.39, 0.29) is 0 Å². The minimum atomic E-state index is -1.44. The first-order valence-corrected chi connectivity index (χ1v) is 10.2. The number of fused-ring (bicyclic) bond motifs is 2. The molecule has 3 heterocycles. The van der Waals surface area contributed by atoms with Crippen LogP contribution in [-0.4, -0.2) is 43.6 Å². The van der Waals surface area contributed by atoms with Crippen LogP contribution in [0.15, 0.2) is 42.5 Å². The number of carbonyl (C=O) groups excluding carboxylic acids is 3. The van der Waals surface area contributed by atoms with Crippen molar-refractivity contribution in [1.82, 2.24) is 5.32 Å². The molecule has 166 valence electrons. The summed E-state index contributed by atoms with van der Waals surface area (Å²) >= 11 is 0. The monoisotopic (exact) mass is 440 g/mol. The average molecular weight is 440 g/mol. The molecule has 0 aromatic heterocycles. The largest absolute Gasteiger partial charge is 0.486 e. The van der Waals surface area contributed by atoms with Crippen LogP contribution in [0.3, 0.4) is 0 Å². The van der Waals surface area contributed by atoms with Gasteiger partial charge in [0.25, 0.3) is 0 Å². The summed E-state index contributed by atoms with van der Waals surface area (Å²) in [4.78, 5) is 41.0. The smallest absolute Gasteiger partial charge is 0.326 e. The Morgan fingerprint density at radius 3 is 2.47 bits per heavy atom. The highest BCUT2D eigenvalue weighted by molar-refractivity contribution is 6.24. The minimum absolute atomic E-state index is 0.337. The quantitative estimate of drug-likeness (QED) is 0.576. The first-order valence-electron chi connectivity index (χ1n) is 10.2. The van der Waals surface area contributed by atoms with Crippen LogP contribution >= 0.6 is 0 Å². The summed E-state index contributed by atoms with van der Waals surface area (Å²) in [5.41, 5.74) is -0.503. The SMILES string of the molecule is COC(=O)[C@]1(C)N[C@H](c2ccc(F)cc2)[C@@H]2C(=O)N(c3ccc4c(c3)OCCO4)C(=O)[C@@H]21. The van der Waals surface area contributed by atoms with E-state index in [9.17, 15) is 18.8 Å². The molecular weight excluding hydrogens is 419 g/mol. The molecule has 0 radical (unpaired) electrons. The van der Waals surface area contributed by atoms with Gasteiger partial charge in [-0.1, -0.05) is 12.1 Å². The summed E-state index contributed by atoms with van der Waals surface area (Å²) in [6, 6.07) is 9.80. The molecule has 2 aromatic rings. The van der Waals surface area contributed by atoms with Crippen molar-refractivity contribution in [2.45, 2.75) is 18.5 Å². The molecule has 3 aliphatic rings. The van der Waals surface area contributed by atoms with Crippen molar-refractivity contribution >= 4 is 23.5 Å². The average Bonchev–Trinajstić information content (AvgIpc) is 3.26. The van der Waals surface area contributed by atoms with Gasteiger partial charge in [-0.2, -0.15) is 0 Å². The number of carbonyl (C=O) groups is 3. The van der Waals surface area contributed by atoms with E-state index in [2.05, 4.69) is 5.32 Å². The third-order valence-electron chi connectivity index (χ3n) is 6.41. The van der Waals surface area contributed by atoms with E-state index in [4.69, 9.17) is 14.2 Å². The topological polar surface area (TPSA) is 94.2 Å². The lowest BCUT2D eigenvalue weighted by atomic mass is 9.80. The second kappa shape index (κ2) is 7.30. The van der Waals surface area contributed by atoms with Crippen molar-refractivity contribution < 1.29 is 33.0 Å². The molecule has 0 bridgehead atoms. The number of esters is 1. The molecule has 2 saturated heterocycles. The number of nitrogens with one attached hydrogen (secondary N) is 1. The van der Waals surface area contributed by atoms with Gasteiger partial charge in [0, 0.05) is 12.1 Å². The molecule has 3 aliphatic heterocycles. The molecule has 0 aliphatic carbocycles. The Hall–Kier alpha value is -3.46. The molecule has 4 atom stereocenters. The zero-order chi connectivity index (χ0) is 22.6. The maximum Gasteiger partial charge on any atom is 0.326 e. The first-order chi connectivity index (χ1) is 15.3. The highest BCUT2D eigenvalue weighted by Gasteiger charge is 2.67. The fourth-order valence-electron chi connectivity index (χ4n) is 4.92. The number of benzene rings is 2. The van der Waals surface area contributed by atoms with Crippen molar-refractivity contribution in [3.63, 3.8) is 0 Å². The van der Waals surface area contributed by atoms with Crippen LogP contribution in [0.5, 0.6) is 11.5 Å². The van der Waals surface area contributed by atoms with Crippen LogP contribution in [0, 0.1) is 17.7 Å². The number of anilines is 1. The second-order valence-electron chi connectivity index (χ2n) is 8.21. The van der Waals surface area contributed by atoms with E-state index < -0.39 is 47.0 Å². The maximum atomic E-state index is 13.6. The Morgan fingerprint density at radius 2 is 1.78 bits per heavy atom. The fraction of sp³-hybridized carbons (Fsp3) is 0.348. The zero-order valence-corrected chi connectivity index (χ0v) is 17.5. The maximum absolute atomic E-state index is 13.6. The lowest BCUT2D eigenvalue weighted by molar-refractivity contribution is -0.151. The predicted octanol–water partition coefficient (Wildman–Crippen LogP) is 1.98. The van der Waals surface area contributed by atoms with Crippen LogP contribution in [-0.2, 0) is 19.1 Å². The van der Waals surface area contributed by atoms with Gasteiger partial charge < -0.3 is 14.2 Å². The molecule has 32 heavy (non-hydrogen) atoms. The third kappa shape index (κ3) is 2.88. The molecule has 8 nitrogen and oxygen atoms in total. The van der Waals surface area contributed by atoms with Gasteiger partial charge in [-0.3, -0.25) is 19.7 Å². The number of rotatable bonds is 3. The fourth-order valence-corrected chi connectivity index (χ4v) is 4.92. The molecule has 0 unspecified atom stereocenters. The van der Waals surface area contributed by atoms with E-state index in [1.54, 1.807) is 25.1 Å². The first kappa shape index (κ1) is 20.4. The second-order valence-corrected chi connectivity index (χ2v) is 8.21. The van der Waals surface area contributed by atoms with Crippen LogP contribution < -0.4 is 19.7 Å². The van der Waals surface area contributed by atoms with Crippen molar-refractivity contribution in [1.29, 1.82) is 0 Å². The van der Waals surface area contributed by atoms with E-state index in [0.717, 1.165) is 4.90 Å². The van der Waals surface area contributed by atoms with Gasteiger partial charge in [0.1, 0.15) is 24.6 Å². The number of halogens is 1. The molecule has 9 heteroatoms. The van der Waals surface area contributed by atoms with Crippen LogP contribution in [0.2, 0.25) is 0 Å². The summed E-state index contributed by atoms with van der Waals surface area (Å²) in [7, 11) is 1.23. The number of amides is 2.